The van der Waals surface area contributed by atoms with Crippen LogP contribution in [0.2, 0.25) is 0 Å². The fourth-order valence-corrected chi connectivity index (χ4v) is 4.89. The number of ether oxygens (including phenoxy) is 1. The summed E-state index contributed by atoms with van der Waals surface area (Å²) in [5.74, 6) is 1.31. The highest BCUT2D eigenvalue weighted by atomic mass is 16.5. The van der Waals surface area contributed by atoms with Crippen molar-refractivity contribution < 1.29 is 18.7 Å². The minimum Gasteiger partial charge on any atom is -0.460 e. The highest BCUT2D eigenvalue weighted by Gasteiger charge is 2.31. The molecule has 1 aromatic carbocycles. The van der Waals surface area contributed by atoms with Gasteiger partial charge in [0.2, 0.25) is 0 Å². The molecule has 0 unspecified atom stereocenters. The van der Waals surface area contributed by atoms with E-state index in [2.05, 4.69) is 16.5 Å². The molecule has 0 aliphatic carbocycles. The number of amides is 2. The number of nitrogens with zero attached hydrogens (tertiary/aromatic N) is 4. The first-order valence-electron chi connectivity index (χ1n) is 11.5. The molecule has 2 amide bonds. The smallest absolute Gasteiger partial charge is 0.256 e. The Morgan fingerprint density at radius 3 is 2.91 bits per heavy atom. The molecule has 35 heavy (non-hydrogen) atoms. The number of fused-ring (bicyclic) bond motifs is 2. The molecule has 1 N–H and O–H groups in total. The summed E-state index contributed by atoms with van der Waals surface area (Å²) in [6.07, 6.45) is 5.41. The van der Waals surface area contributed by atoms with Gasteiger partial charge < -0.3 is 19.4 Å². The molecule has 1 aliphatic rings. The summed E-state index contributed by atoms with van der Waals surface area (Å²) in [5, 5.41) is 16.8. The van der Waals surface area contributed by atoms with E-state index in [0.29, 0.717) is 57.8 Å². The van der Waals surface area contributed by atoms with Gasteiger partial charge in [-0.2, -0.15) is 10.4 Å². The number of aromatic nitrogens is 2. The van der Waals surface area contributed by atoms with Gasteiger partial charge in [0, 0.05) is 43.4 Å². The average Bonchev–Trinajstić information content (AvgIpc) is 3.54. The highest BCUT2D eigenvalue weighted by molar-refractivity contribution is 6.07. The van der Waals surface area contributed by atoms with E-state index in [1.165, 1.54) is 0 Å². The lowest BCUT2D eigenvalue weighted by Gasteiger charge is -2.22. The van der Waals surface area contributed by atoms with E-state index >= 15 is 0 Å². The summed E-state index contributed by atoms with van der Waals surface area (Å²) in [6.45, 7) is 4.27. The third-order valence-corrected chi connectivity index (χ3v) is 6.60. The van der Waals surface area contributed by atoms with E-state index in [4.69, 9.17) is 14.4 Å². The second-order valence-electron chi connectivity index (χ2n) is 8.69. The Hall–Kier alpha value is -4.32. The quantitative estimate of drug-likeness (QED) is 0.463. The van der Waals surface area contributed by atoms with Crippen molar-refractivity contribution >= 4 is 28.3 Å². The first-order valence-corrected chi connectivity index (χ1v) is 11.5. The number of aryl methyl sites for hydroxylation is 2. The van der Waals surface area contributed by atoms with E-state index < -0.39 is 0 Å². The molecule has 0 bridgehead atoms. The number of nitrogens with one attached hydrogen (secondary N) is 1. The molecular weight excluding hydrogens is 446 g/mol. The van der Waals surface area contributed by atoms with Crippen LogP contribution in [-0.2, 0) is 0 Å². The molecule has 0 spiro atoms. The number of hydrogen-bond donors (Lipinski definition) is 1. The van der Waals surface area contributed by atoms with Crippen molar-refractivity contribution in [3.05, 3.63) is 59.1 Å². The summed E-state index contributed by atoms with van der Waals surface area (Å²) in [4.78, 5) is 27.4. The third kappa shape index (κ3) is 3.77. The molecule has 1 aliphatic heterocycles. The zero-order chi connectivity index (χ0) is 24.7. The van der Waals surface area contributed by atoms with Crippen LogP contribution in [0.25, 0.3) is 16.5 Å². The van der Waals surface area contributed by atoms with Crippen LogP contribution < -0.4 is 10.1 Å². The number of furan rings is 1. The van der Waals surface area contributed by atoms with Gasteiger partial charge in [-0.15, -0.1) is 0 Å². The Kier molecular flexibility index (Phi) is 5.65. The lowest BCUT2D eigenvalue weighted by Crippen LogP contribution is -2.35. The molecule has 4 aromatic rings. The van der Waals surface area contributed by atoms with Gasteiger partial charge in [-0.3, -0.25) is 9.59 Å². The lowest BCUT2D eigenvalue weighted by molar-refractivity contribution is 0.0738. The van der Waals surface area contributed by atoms with E-state index in [0.717, 1.165) is 18.4 Å². The number of likely N-dealkylation sites (tertiary alicyclic amines) is 1. The van der Waals surface area contributed by atoms with Crippen LogP contribution in [-0.4, -0.2) is 46.0 Å². The summed E-state index contributed by atoms with van der Waals surface area (Å²) in [5.41, 5.74) is 3.05. The predicted molar refractivity (Wildman–Crippen MR) is 129 cm³/mol. The zero-order valence-electron chi connectivity index (χ0n) is 19.8. The fraction of sp³-hybridized carbons (Fsp3) is 0.308. The maximum absolute atomic E-state index is 13.3. The maximum atomic E-state index is 13.3. The first kappa shape index (κ1) is 22.5. The number of carbonyl (C=O) groups excluding carboxylic acids is 2. The number of rotatable bonds is 5. The summed E-state index contributed by atoms with van der Waals surface area (Å²) in [7, 11) is 1.58. The van der Waals surface area contributed by atoms with Crippen LogP contribution >= 0.6 is 0 Å². The molecule has 4 heterocycles. The van der Waals surface area contributed by atoms with Crippen molar-refractivity contribution in [2.45, 2.75) is 39.2 Å². The fourth-order valence-electron chi connectivity index (χ4n) is 4.89. The Morgan fingerprint density at radius 2 is 2.14 bits per heavy atom. The summed E-state index contributed by atoms with van der Waals surface area (Å²) in [6, 6.07) is 9.20. The van der Waals surface area contributed by atoms with Crippen LogP contribution in [0.3, 0.4) is 0 Å². The molecule has 1 fully saturated rings. The van der Waals surface area contributed by atoms with Gasteiger partial charge in [-0.1, -0.05) is 0 Å². The first-order chi connectivity index (χ1) is 16.9. The largest absolute Gasteiger partial charge is 0.460 e. The Bertz CT molecular complexity index is 1510. The van der Waals surface area contributed by atoms with Crippen molar-refractivity contribution in [1.82, 2.24) is 19.8 Å². The normalized spacial score (nSPS) is 15.5. The molecular formula is C26H25N5O4. The van der Waals surface area contributed by atoms with E-state index in [-0.39, 0.29) is 17.9 Å². The van der Waals surface area contributed by atoms with Crippen molar-refractivity contribution in [2.24, 2.45) is 0 Å². The Labute approximate surface area is 201 Å². The van der Waals surface area contributed by atoms with Crippen molar-refractivity contribution in [2.75, 3.05) is 13.6 Å². The third-order valence-electron chi connectivity index (χ3n) is 6.60. The molecule has 1 saturated heterocycles. The van der Waals surface area contributed by atoms with Crippen molar-refractivity contribution in [3.63, 3.8) is 0 Å². The monoisotopic (exact) mass is 471 g/mol. The van der Waals surface area contributed by atoms with Crippen LogP contribution in [0.4, 0.5) is 0 Å². The SMILES string of the molecule is CNC(=O)c1c(C)oc2cc(Oc3ccnn4cc(C(=O)N5CCC[C@@H]5CC#N)c(C)c34)ccc12. The van der Waals surface area contributed by atoms with Crippen LogP contribution in [0.5, 0.6) is 11.5 Å². The minimum absolute atomic E-state index is 0.0539. The molecule has 3 aromatic heterocycles. The van der Waals surface area contributed by atoms with Gasteiger partial charge in [0.1, 0.15) is 22.6 Å². The molecule has 0 radical (unpaired) electrons. The molecule has 178 valence electrons. The Morgan fingerprint density at radius 1 is 1.31 bits per heavy atom. The molecule has 9 heteroatoms. The van der Waals surface area contributed by atoms with Crippen LogP contribution in [0, 0.1) is 25.2 Å². The summed E-state index contributed by atoms with van der Waals surface area (Å²) >= 11 is 0. The number of carbonyl (C=O) groups is 2. The van der Waals surface area contributed by atoms with Gasteiger partial charge in [0.05, 0.1) is 29.8 Å². The van der Waals surface area contributed by atoms with Gasteiger partial charge >= 0.3 is 0 Å². The topological polar surface area (TPSA) is 113 Å². The molecule has 9 nitrogen and oxygen atoms in total. The highest BCUT2D eigenvalue weighted by Crippen LogP contribution is 2.34. The van der Waals surface area contributed by atoms with Gasteiger partial charge in [0.25, 0.3) is 11.8 Å². The second kappa shape index (κ2) is 8.80. The molecule has 1 atom stereocenters. The maximum Gasteiger partial charge on any atom is 0.256 e. The zero-order valence-corrected chi connectivity index (χ0v) is 19.8. The number of benzene rings is 1. The number of nitriles is 1. The van der Waals surface area contributed by atoms with Gasteiger partial charge in [0.15, 0.2) is 5.75 Å². The number of hydrogen-bond acceptors (Lipinski definition) is 6. The van der Waals surface area contributed by atoms with Gasteiger partial charge in [-0.25, -0.2) is 4.52 Å². The minimum atomic E-state index is -0.207. The standard InChI is InChI=1S/C26H25N5O4/c1-15-20(26(33)30-12-4-5-17(30)8-10-27)14-31-24(15)21(9-11-29-31)35-18-6-7-19-22(13-18)34-16(2)23(19)25(32)28-3/h6-7,9,11,13-14,17H,4-5,8,12H2,1-3H3,(H,28,32)/t17-/m1/s1. The van der Waals surface area contributed by atoms with Crippen molar-refractivity contribution in [3.8, 4) is 17.6 Å². The summed E-state index contributed by atoms with van der Waals surface area (Å²) < 4.78 is 13.7. The second-order valence-corrected chi connectivity index (χ2v) is 8.69. The van der Waals surface area contributed by atoms with Crippen LogP contribution in [0.1, 0.15) is 51.3 Å². The lowest BCUT2D eigenvalue weighted by atomic mass is 10.1. The van der Waals surface area contributed by atoms with Crippen molar-refractivity contribution in [1.29, 1.82) is 5.26 Å². The predicted octanol–water partition coefficient (Wildman–Crippen LogP) is 4.37. The van der Waals surface area contributed by atoms with E-state index in [1.54, 1.807) is 60.0 Å². The molecule has 0 saturated carbocycles. The van der Waals surface area contributed by atoms with Crippen LogP contribution in [0.15, 0.2) is 41.1 Å². The van der Waals surface area contributed by atoms with Gasteiger partial charge in [-0.05, 0) is 44.4 Å². The average molecular weight is 472 g/mol. The van der Waals surface area contributed by atoms with E-state index in [9.17, 15) is 9.59 Å². The van der Waals surface area contributed by atoms with E-state index in [1.807, 2.05) is 6.92 Å². The molecule has 5 rings (SSSR count). The Balaban J connectivity index is 1.50.